The monoisotopic (exact) mass is 494 g/mol. The Morgan fingerprint density at radius 3 is 1.45 bits per heavy atom. The highest BCUT2D eigenvalue weighted by molar-refractivity contribution is 8.83. The molecule has 3 aromatic rings. The van der Waals surface area contributed by atoms with Gasteiger partial charge in [0.25, 0.3) is 0 Å². The SMILES string of the molecule is Cc1ccc([C@@]2(C(C)(C)C)SS[C@](c3ccc(Oc4ccccc4)cc3)(C(C)(C)C)S2)cc1. The van der Waals surface area contributed by atoms with E-state index in [9.17, 15) is 0 Å². The molecule has 0 bridgehead atoms. The fourth-order valence-electron chi connectivity index (χ4n) is 4.13. The average Bonchev–Trinajstić information content (AvgIpc) is 3.19. The number of aryl methyl sites for hydroxylation is 1. The second-order valence-electron chi connectivity index (χ2n) is 10.8. The molecule has 4 heteroatoms. The summed E-state index contributed by atoms with van der Waals surface area (Å²) in [5, 5.41) is 0. The predicted octanol–water partition coefficient (Wildman–Crippen LogP) is 10.0. The van der Waals surface area contributed by atoms with Crippen LogP contribution in [0.4, 0.5) is 0 Å². The number of thioether (sulfide) groups is 1. The van der Waals surface area contributed by atoms with E-state index in [0.29, 0.717) is 0 Å². The van der Waals surface area contributed by atoms with E-state index in [-0.39, 0.29) is 19.0 Å². The maximum Gasteiger partial charge on any atom is 0.127 e. The van der Waals surface area contributed by atoms with Crippen LogP contribution in [0.5, 0.6) is 11.5 Å². The summed E-state index contributed by atoms with van der Waals surface area (Å²) in [4.78, 5) is 0. The van der Waals surface area contributed by atoms with E-state index < -0.39 is 0 Å². The Morgan fingerprint density at radius 1 is 0.576 bits per heavy atom. The fraction of sp³-hybridized carbons (Fsp3) is 0.379. The molecule has 0 aromatic heterocycles. The van der Waals surface area contributed by atoms with Gasteiger partial charge in [0.2, 0.25) is 0 Å². The van der Waals surface area contributed by atoms with Crippen molar-refractivity contribution < 1.29 is 4.74 Å². The van der Waals surface area contributed by atoms with E-state index in [1.807, 2.05) is 51.9 Å². The van der Waals surface area contributed by atoms with Gasteiger partial charge < -0.3 is 4.74 Å². The zero-order valence-corrected chi connectivity index (χ0v) is 23.1. The molecule has 1 fully saturated rings. The first kappa shape index (κ1) is 24.6. The molecular formula is C29H34OS3. The summed E-state index contributed by atoms with van der Waals surface area (Å²) in [7, 11) is 4.07. The Morgan fingerprint density at radius 2 is 1.00 bits per heavy atom. The molecule has 2 atom stereocenters. The molecule has 0 unspecified atom stereocenters. The van der Waals surface area contributed by atoms with Crippen molar-refractivity contribution in [2.45, 2.75) is 56.6 Å². The lowest BCUT2D eigenvalue weighted by Crippen LogP contribution is -2.37. The first-order chi connectivity index (χ1) is 15.5. The number of benzene rings is 3. The quantitative estimate of drug-likeness (QED) is 0.333. The van der Waals surface area contributed by atoms with E-state index in [2.05, 4.69) is 109 Å². The van der Waals surface area contributed by atoms with Crippen LogP contribution in [0.1, 0.15) is 58.2 Å². The summed E-state index contributed by atoms with van der Waals surface area (Å²) in [6.07, 6.45) is 0. The number of hydrogen-bond acceptors (Lipinski definition) is 4. The van der Waals surface area contributed by atoms with Crippen molar-refractivity contribution in [2.75, 3.05) is 0 Å². The maximum atomic E-state index is 6.07. The molecule has 0 N–H and O–H groups in total. The molecule has 0 amide bonds. The van der Waals surface area contributed by atoms with Crippen LogP contribution in [-0.4, -0.2) is 0 Å². The molecular weight excluding hydrogens is 461 g/mol. The molecule has 0 spiro atoms. The Labute approximate surface area is 211 Å². The van der Waals surface area contributed by atoms with Crippen molar-refractivity contribution >= 4 is 33.3 Å². The standard InChI is InChI=1S/C29H34OS3/c1-21-13-15-22(16-14-21)28(26(2,3)4)31-29(33-32-28,27(5,6)7)23-17-19-25(20-18-23)30-24-11-9-8-10-12-24/h8-20H,1-7H3/t28-,29+/m0/s1. The van der Waals surface area contributed by atoms with Crippen molar-refractivity contribution in [1.29, 1.82) is 0 Å². The minimum atomic E-state index is -0.0961. The molecule has 0 aliphatic carbocycles. The minimum Gasteiger partial charge on any atom is -0.457 e. The highest BCUT2D eigenvalue weighted by Crippen LogP contribution is 2.80. The van der Waals surface area contributed by atoms with Crippen LogP contribution in [-0.2, 0) is 8.16 Å². The number of ether oxygens (including phenoxy) is 1. The van der Waals surface area contributed by atoms with Gasteiger partial charge in [-0.05, 0) is 53.1 Å². The molecule has 4 rings (SSSR count). The molecule has 174 valence electrons. The zero-order valence-electron chi connectivity index (χ0n) is 20.6. The molecule has 1 aliphatic heterocycles. The van der Waals surface area contributed by atoms with Gasteiger partial charge in [0.15, 0.2) is 0 Å². The van der Waals surface area contributed by atoms with Crippen LogP contribution >= 0.6 is 33.3 Å². The van der Waals surface area contributed by atoms with Gasteiger partial charge in [0.1, 0.15) is 19.7 Å². The molecule has 1 aliphatic rings. The Bertz CT molecular complexity index is 1080. The minimum absolute atomic E-state index is 0.0504. The number of hydrogen-bond donors (Lipinski definition) is 0. The summed E-state index contributed by atoms with van der Waals surface area (Å²) in [5.74, 6) is 1.73. The summed E-state index contributed by atoms with van der Waals surface area (Å²) in [6.45, 7) is 16.4. The lowest BCUT2D eigenvalue weighted by Gasteiger charge is -2.45. The van der Waals surface area contributed by atoms with Gasteiger partial charge in [-0.15, -0.1) is 11.8 Å². The Balaban J connectivity index is 1.73. The molecule has 1 heterocycles. The second kappa shape index (κ2) is 8.94. The van der Waals surface area contributed by atoms with Crippen molar-refractivity contribution in [3.05, 3.63) is 95.6 Å². The average molecular weight is 495 g/mol. The van der Waals surface area contributed by atoms with E-state index >= 15 is 0 Å². The summed E-state index contributed by atoms with van der Waals surface area (Å²) in [5.41, 5.74) is 4.18. The normalized spacial score (nSPS) is 23.5. The molecule has 0 radical (unpaired) electrons. The number of para-hydroxylation sites is 1. The molecule has 33 heavy (non-hydrogen) atoms. The molecule has 1 saturated heterocycles. The number of rotatable bonds is 4. The predicted molar refractivity (Wildman–Crippen MR) is 149 cm³/mol. The van der Waals surface area contributed by atoms with Crippen molar-refractivity contribution in [3.8, 4) is 11.5 Å². The van der Waals surface area contributed by atoms with Crippen molar-refractivity contribution in [2.24, 2.45) is 10.8 Å². The largest absolute Gasteiger partial charge is 0.457 e. The highest BCUT2D eigenvalue weighted by atomic mass is 33.1. The van der Waals surface area contributed by atoms with E-state index in [1.165, 1.54) is 16.7 Å². The van der Waals surface area contributed by atoms with Gasteiger partial charge in [-0.3, -0.25) is 0 Å². The first-order valence-electron chi connectivity index (χ1n) is 11.4. The van der Waals surface area contributed by atoms with Crippen LogP contribution in [0, 0.1) is 17.8 Å². The Kier molecular flexibility index (Phi) is 6.67. The summed E-state index contributed by atoms with van der Waals surface area (Å²) >= 11 is 2.13. The molecule has 3 aromatic carbocycles. The molecule has 0 saturated carbocycles. The van der Waals surface area contributed by atoms with Crippen LogP contribution in [0.2, 0.25) is 0 Å². The van der Waals surface area contributed by atoms with Crippen LogP contribution in [0.25, 0.3) is 0 Å². The van der Waals surface area contributed by atoms with Crippen molar-refractivity contribution in [1.82, 2.24) is 0 Å². The topological polar surface area (TPSA) is 9.23 Å². The summed E-state index contributed by atoms with van der Waals surface area (Å²) < 4.78 is 5.92. The van der Waals surface area contributed by atoms with Crippen molar-refractivity contribution in [3.63, 3.8) is 0 Å². The maximum absolute atomic E-state index is 6.07. The third kappa shape index (κ3) is 4.59. The van der Waals surface area contributed by atoms with Crippen LogP contribution < -0.4 is 4.74 Å². The molecule has 1 nitrogen and oxygen atoms in total. The summed E-state index contributed by atoms with van der Waals surface area (Å²) in [6, 6.07) is 27.9. The third-order valence-corrected chi connectivity index (χ3v) is 14.1. The van der Waals surface area contributed by atoms with E-state index in [1.54, 1.807) is 0 Å². The van der Waals surface area contributed by atoms with E-state index in [4.69, 9.17) is 4.74 Å². The van der Waals surface area contributed by atoms with E-state index in [0.717, 1.165) is 11.5 Å². The van der Waals surface area contributed by atoms with Gasteiger partial charge in [0, 0.05) is 0 Å². The highest BCUT2D eigenvalue weighted by Gasteiger charge is 2.61. The van der Waals surface area contributed by atoms with Gasteiger partial charge in [-0.25, -0.2) is 0 Å². The third-order valence-electron chi connectivity index (χ3n) is 6.18. The lowest BCUT2D eigenvalue weighted by molar-refractivity contribution is 0.352. The lowest BCUT2D eigenvalue weighted by atomic mass is 9.85. The smallest absolute Gasteiger partial charge is 0.127 e. The second-order valence-corrected chi connectivity index (χ2v) is 15.3. The first-order valence-corrected chi connectivity index (χ1v) is 14.4. The van der Waals surface area contributed by atoms with Gasteiger partial charge in [0.05, 0.1) is 0 Å². The van der Waals surface area contributed by atoms with Crippen LogP contribution in [0.15, 0.2) is 78.9 Å². The van der Waals surface area contributed by atoms with Gasteiger partial charge >= 0.3 is 0 Å². The Hall–Kier alpha value is -1.49. The fourth-order valence-corrected chi connectivity index (χ4v) is 12.0. The van der Waals surface area contributed by atoms with Crippen LogP contribution in [0.3, 0.4) is 0 Å². The van der Waals surface area contributed by atoms with Gasteiger partial charge in [-0.1, -0.05) is 123 Å². The zero-order chi connectivity index (χ0) is 23.9. The van der Waals surface area contributed by atoms with Gasteiger partial charge in [-0.2, -0.15) is 0 Å².